The fourth-order valence-corrected chi connectivity index (χ4v) is 3.25. The van der Waals surface area contributed by atoms with Crippen LogP contribution in [0.5, 0.6) is 0 Å². The summed E-state index contributed by atoms with van der Waals surface area (Å²) in [4.78, 5) is 2.47. The van der Waals surface area contributed by atoms with E-state index >= 15 is 0 Å². The maximum atomic E-state index is 11.4. The van der Waals surface area contributed by atoms with E-state index in [-0.39, 0.29) is 12.4 Å². The number of nitrogens with zero attached hydrogens (tertiary/aromatic N) is 1. The average Bonchev–Trinajstić information content (AvgIpc) is 2.55. The molecule has 2 rings (SSSR count). The number of benzene rings is 2. The molecule has 1 unspecified atom stereocenters. The van der Waals surface area contributed by atoms with Crippen LogP contribution in [0, 0.1) is 0 Å². The number of aliphatic hydroxyl groups excluding tert-OH is 1. The SMILES string of the molecule is CN(CCCc1ccc(S(C)(=O)=O)cc1)CC(O)c1ccccc1.Cl. The second kappa shape index (κ2) is 9.92. The molecular formula is C19H26ClNO3S. The van der Waals surface area contributed by atoms with Crippen molar-refractivity contribution in [1.29, 1.82) is 0 Å². The summed E-state index contributed by atoms with van der Waals surface area (Å²) in [7, 11) is -1.13. The molecule has 0 spiro atoms. The number of sulfone groups is 1. The third-order valence-electron chi connectivity index (χ3n) is 4.03. The Balaban J connectivity index is 0.00000312. The largest absolute Gasteiger partial charge is 0.387 e. The first-order valence-electron chi connectivity index (χ1n) is 8.07. The first-order valence-corrected chi connectivity index (χ1v) is 9.96. The van der Waals surface area contributed by atoms with Crippen LogP contribution in [0.4, 0.5) is 0 Å². The molecule has 0 aliphatic heterocycles. The molecule has 25 heavy (non-hydrogen) atoms. The number of aryl methyl sites for hydroxylation is 1. The van der Waals surface area contributed by atoms with Gasteiger partial charge in [0.1, 0.15) is 0 Å². The first-order chi connectivity index (χ1) is 11.4. The lowest BCUT2D eigenvalue weighted by molar-refractivity contribution is 0.126. The van der Waals surface area contributed by atoms with Gasteiger partial charge in [0.2, 0.25) is 0 Å². The molecule has 0 aliphatic rings. The zero-order chi connectivity index (χ0) is 17.6. The van der Waals surface area contributed by atoms with Gasteiger partial charge in [-0.1, -0.05) is 42.5 Å². The van der Waals surface area contributed by atoms with Gasteiger partial charge in [-0.3, -0.25) is 0 Å². The van der Waals surface area contributed by atoms with Crippen LogP contribution < -0.4 is 0 Å². The standard InChI is InChI=1S/C19H25NO3S.ClH/c1-20(15-19(21)17-8-4-3-5-9-17)14-6-7-16-10-12-18(13-11-16)24(2,22)23;/h3-5,8-13,19,21H,6-7,14-15H2,1-2H3;1H. The third-order valence-corrected chi connectivity index (χ3v) is 5.15. The Kier molecular flexibility index (Phi) is 8.59. The first kappa shape index (κ1) is 21.6. The van der Waals surface area contributed by atoms with Crippen molar-refractivity contribution in [2.24, 2.45) is 0 Å². The second-order valence-corrected chi connectivity index (χ2v) is 8.22. The van der Waals surface area contributed by atoms with Crippen LogP contribution in [0.3, 0.4) is 0 Å². The Morgan fingerprint density at radius 3 is 2.20 bits per heavy atom. The Bertz CT molecular complexity index is 733. The van der Waals surface area contributed by atoms with Gasteiger partial charge in [-0.05, 0) is 49.7 Å². The Morgan fingerprint density at radius 2 is 1.64 bits per heavy atom. The number of halogens is 1. The van der Waals surface area contributed by atoms with E-state index in [1.807, 2.05) is 49.5 Å². The third kappa shape index (κ3) is 7.16. The maximum absolute atomic E-state index is 11.4. The predicted molar refractivity (Wildman–Crippen MR) is 104 cm³/mol. The molecule has 0 radical (unpaired) electrons. The van der Waals surface area contributed by atoms with Crippen molar-refractivity contribution in [2.45, 2.75) is 23.8 Å². The highest BCUT2D eigenvalue weighted by molar-refractivity contribution is 7.90. The summed E-state index contributed by atoms with van der Waals surface area (Å²) in [6.45, 7) is 1.47. The number of hydrogen-bond acceptors (Lipinski definition) is 4. The average molecular weight is 384 g/mol. The van der Waals surface area contributed by atoms with Crippen molar-refractivity contribution >= 4 is 22.2 Å². The van der Waals surface area contributed by atoms with E-state index in [9.17, 15) is 13.5 Å². The molecule has 0 aromatic heterocycles. The fourth-order valence-electron chi connectivity index (χ4n) is 2.62. The smallest absolute Gasteiger partial charge is 0.175 e. The fraction of sp³-hybridized carbons (Fsp3) is 0.368. The topological polar surface area (TPSA) is 57.6 Å². The molecule has 1 atom stereocenters. The van der Waals surface area contributed by atoms with Crippen LogP contribution in [-0.4, -0.2) is 44.8 Å². The van der Waals surface area contributed by atoms with Crippen molar-refractivity contribution in [3.63, 3.8) is 0 Å². The van der Waals surface area contributed by atoms with E-state index in [4.69, 9.17) is 0 Å². The molecular weight excluding hydrogens is 358 g/mol. The Labute approximate surface area is 156 Å². The number of rotatable bonds is 8. The molecule has 0 saturated carbocycles. The Hall–Kier alpha value is -1.40. The number of aliphatic hydroxyl groups is 1. The summed E-state index contributed by atoms with van der Waals surface area (Å²) < 4.78 is 22.9. The van der Waals surface area contributed by atoms with Crippen molar-refractivity contribution in [3.05, 3.63) is 65.7 Å². The molecule has 2 aromatic rings. The van der Waals surface area contributed by atoms with Crippen molar-refractivity contribution in [3.8, 4) is 0 Å². The van der Waals surface area contributed by atoms with Crippen LogP contribution in [-0.2, 0) is 16.3 Å². The molecule has 0 saturated heterocycles. The van der Waals surface area contributed by atoms with Crippen molar-refractivity contribution in [1.82, 2.24) is 4.90 Å². The minimum atomic E-state index is -3.13. The number of hydrogen-bond donors (Lipinski definition) is 1. The molecule has 6 heteroatoms. The molecule has 0 heterocycles. The lowest BCUT2D eigenvalue weighted by Gasteiger charge is -2.20. The van der Waals surface area contributed by atoms with Crippen molar-refractivity contribution in [2.75, 3.05) is 26.4 Å². The summed E-state index contributed by atoms with van der Waals surface area (Å²) in [6, 6.07) is 16.7. The summed E-state index contributed by atoms with van der Waals surface area (Å²) in [5.74, 6) is 0. The summed E-state index contributed by atoms with van der Waals surface area (Å²) in [6.07, 6.45) is 2.58. The van der Waals surface area contributed by atoms with Crippen LogP contribution in [0.1, 0.15) is 23.7 Å². The molecule has 0 aliphatic carbocycles. The Morgan fingerprint density at radius 1 is 1.04 bits per heavy atom. The quantitative estimate of drug-likeness (QED) is 0.760. The van der Waals surface area contributed by atoms with E-state index in [0.29, 0.717) is 11.4 Å². The molecule has 2 aromatic carbocycles. The van der Waals surface area contributed by atoms with Gasteiger partial charge in [0.15, 0.2) is 9.84 Å². The highest BCUT2D eigenvalue weighted by atomic mass is 35.5. The minimum Gasteiger partial charge on any atom is -0.387 e. The molecule has 0 bridgehead atoms. The van der Waals surface area contributed by atoms with Gasteiger partial charge >= 0.3 is 0 Å². The van der Waals surface area contributed by atoms with E-state index in [1.165, 1.54) is 6.26 Å². The summed E-state index contributed by atoms with van der Waals surface area (Å²) in [5.41, 5.74) is 2.06. The molecule has 138 valence electrons. The van der Waals surface area contributed by atoms with E-state index in [1.54, 1.807) is 12.1 Å². The molecule has 0 amide bonds. The highest BCUT2D eigenvalue weighted by Crippen LogP contribution is 2.14. The van der Waals surface area contributed by atoms with Crippen LogP contribution in [0.15, 0.2) is 59.5 Å². The van der Waals surface area contributed by atoms with E-state index < -0.39 is 15.9 Å². The van der Waals surface area contributed by atoms with Gasteiger partial charge in [0.25, 0.3) is 0 Å². The lowest BCUT2D eigenvalue weighted by atomic mass is 10.1. The van der Waals surface area contributed by atoms with Gasteiger partial charge in [0, 0.05) is 12.8 Å². The van der Waals surface area contributed by atoms with Gasteiger partial charge in [-0.2, -0.15) is 0 Å². The van der Waals surface area contributed by atoms with Crippen molar-refractivity contribution < 1.29 is 13.5 Å². The maximum Gasteiger partial charge on any atom is 0.175 e. The monoisotopic (exact) mass is 383 g/mol. The second-order valence-electron chi connectivity index (χ2n) is 6.21. The van der Waals surface area contributed by atoms with Crippen LogP contribution in [0.2, 0.25) is 0 Å². The van der Waals surface area contributed by atoms with Crippen LogP contribution >= 0.6 is 12.4 Å². The molecule has 0 fully saturated rings. The van der Waals surface area contributed by atoms with E-state index in [0.717, 1.165) is 30.5 Å². The van der Waals surface area contributed by atoms with Gasteiger partial charge < -0.3 is 10.0 Å². The highest BCUT2D eigenvalue weighted by Gasteiger charge is 2.10. The molecule has 1 N–H and O–H groups in total. The normalized spacial score (nSPS) is 12.6. The van der Waals surface area contributed by atoms with Gasteiger partial charge in [-0.15, -0.1) is 12.4 Å². The van der Waals surface area contributed by atoms with Crippen LogP contribution in [0.25, 0.3) is 0 Å². The minimum absolute atomic E-state index is 0. The summed E-state index contributed by atoms with van der Waals surface area (Å²) in [5, 5.41) is 10.2. The van der Waals surface area contributed by atoms with Gasteiger partial charge in [-0.25, -0.2) is 8.42 Å². The predicted octanol–water partition coefficient (Wildman–Crippen LogP) is 3.11. The summed E-state index contributed by atoms with van der Waals surface area (Å²) >= 11 is 0. The molecule has 4 nitrogen and oxygen atoms in total. The van der Waals surface area contributed by atoms with E-state index in [2.05, 4.69) is 4.90 Å². The zero-order valence-corrected chi connectivity index (χ0v) is 16.3. The lowest BCUT2D eigenvalue weighted by Crippen LogP contribution is -2.26. The van der Waals surface area contributed by atoms with Gasteiger partial charge in [0.05, 0.1) is 11.0 Å². The number of likely N-dealkylation sites (N-methyl/N-ethyl adjacent to an activating group) is 1. The zero-order valence-electron chi connectivity index (χ0n) is 14.6.